The van der Waals surface area contributed by atoms with Crippen LogP contribution in [0.5, 0.6) is 0 Å². The predicted molar refractivity (Wildman–Crippen MR) is 102 cm³/mol. The van der Waals surface area contributed by atoms with Crippen LogP contribution < -0.4 is 15.4 Å². The van der Waals surface area contributed by atoms with Crippen LogP contribution in [0.25, 0.3) is 0 Å². The van der Waals surface area contributed by atoms with Crippen molar-refractivity contribution in [2.24, 2.45) is 10.4 Å². The molecule has 2 heterocycles. The molecule has 8 nitrogen and oxygen atoms in total. The first-order chi connectivity index (χ1) is 11.8. The molecule has 0 saturated heterocycles. The van der Waals surface area contributed by atoms with Crippen molar-refractivity contribution in [1.29, 1.82) is 5.26 Å². The number of rotatable bonds is 2. The number of nitrogens with zero attached hydrogens (tertiary/aromatic N) is 4. The smallest absolute Gasteiger partial charge is 0.209 e. The van der Waals surface area contributed by atoms with Gasteiger partial charge in [-0.2, -0.15) is 9.99 Å². The number of hydrogen-bond donors (Lipinski definition) is 2. The maximum atomic E-state index is 10.2. The molecule has 140 valence electrons. The first-order valence-corrected chi connectivity index (χ1v) is 7.86. The number of aromatic nitrogens is 2. The fraction of sp³-hybridized carbons (Fsp3) is 0.333. The van der Waals surface area contributed by atoms with Crippen LogP contribution >= 0.6 is 0 Å². The fourth-order valence-corrected chi connectivity index (χ4v) is 1.49. The van der Waals surface area contributed by atoms with E-state index in [1.807, 2.05) is 25.2 Å². The standard InChI is InChI=1S/C13H19N5.C5H5NO.H2O/c1-10(13(2,3)4)17-12(16-9-14)18-11-5-7-15-8-6-11;7-6-4-2-1-3-5-6;/h5-8,10H,1-4H3,(H2,15,16,17,18);1-5H;1H2. The maximum Gasteiger partial charge on any atom is 0.209 e. The van der Waals surface area contributed by atoms with Crippen molar-refractivity contribution in [3.8, 4) is 6.19 Å². The summed E-state index contributed by atoms with van der Waals surface area (Å²) in [7, 11) is 0. The van der Waals surface area contributed by atoms with Crippen molar-refractivity contribution in [1.82, 2.24) is 10.3 Å². The van der Waals surface area contributed by atoms with Crippen LogP contribution in [-0.2, 0) is 0 Å². The summed E-state index contributed by atoms with van der Waals surface area (Å²) in [4.78, 5) is 8.42. The molecule has 4 N–H and O–H groups in total. The Morgan fingerprint density at radius 2 is 1.81 bits per heavy atom. The summed E-state index contributed by atoms with van der Waals surface area (Å²) < 4.78 is 0.750. The second-order valence-corrected chi connectivity index (χ2v) is 6.35. The van der Waals surface area contributed by atoms with Gasteiger partial charge in [0.15, 0.2) is 18.6 Å². The van der Waals surface area contributed by atoms with Crippen molar-refractivity contribution in [2.45, 2.75) is 33.7 Å². The SMILES string of the molecule is CC(N=C(NC#N)Nc1ccncc1)C(C)(C)C.O.[O-][n+]1ccccc1. The lowest BCUT2D eigenvalue weighted by Crippen LogP contribution is -2.31. The second kappa shape index (κ2) is 11.4. The van der Waals surface area contributed by atoms with E-state index in [-0.39, 0.29) is 16.9 Å². The molecule has 1 atom stereocenters. The van der Waals surface area contributed by atoms with Crippen LogP contribution in [0.1, 0.15) is 27.7 Å². The zero-order valence-electron chi connectivity index (χ0n) is 15.5. The lowest BCUT2D eigenvalue weighted by Gasteiger charge is -2.24. The van der Waals surface area contributed by atoms with Crippen LogP contribution in [0, 0.1) is 22.1 Å². The molecule has 0 aromatic carbocycles. The number of pyridine rings is 2. The molecule has 0 aliphatic carbocycles. The highest BCUT2D eigenvalue weighted by molar-refractivity contribution is 5.94. The molecular weight excluding hydrogens is 332 g/mol. The van der Waals surface area contributed by atoms with Crippen molar-refractivity contribution in [2.75, 3.05) is 5.32 Å². The minimum atomic E-state index is 0. The van der Waals surface area contributed by atoms with E-state index in [9.17, 15) is 5.21 Å². The molecule has 2 rings (SSSR count). The zero-order chi connectivity index (χ0) is 18.7. The zero-order valence-corrected chi connectivity index (χ0v) is 15.5. The third-order valence-corrected chi connectivity index (χ3v) is 3.38. The van der Waals surface area contributed by atoms with Gasteiger partial charge in [-0.3, -0.25) is 10.3 Å². The summed E-state index contributed by atoms with van der Waals surface area (Å²) in [5.41, 5.74) is 0.884. The monoisotopic (exact) mass is 358 g/mol. The molecule has 2 aromatic rings. The number of hydrogen-bond acceptors (Lipinski definition) is 4. The molecule has 2 aromatic heterocycles. The minimum absolute atomic E-state index is 0. The van der Waals surface area contributed by atoms with Crippen LogP contribution in [0.15, 0.2) is 60.1 Å². The van der Waals surface area contributed by atoms with Gasteiger partial charge in [0.1, 0.15) is 0 Å². The van der Waals surface area contributed by atoms with E-state index in [2.05, 4.69) is 41.4 Å². The molecule has 0 saturated carbocycles. The molecule has 26 heavy (non-hydrogen) atoms. The molecule has 8 heteroatoms. The van der Waals surface area contributed by atoms with E-state index in [1.54, 1.807) is 30.6 Å². The third-order valence-electron chi connectivity index (χ3n) is 3.38. The molecule has 0 fully saturated rings. The topological polar surface area (TPSA) is 132 Å². The molecular formula is C18H26N6O2. The quantitative estimate of drug-likeness (QED) is 0.211. The van der Waals surface area contributed by atoms with E-state index in [1.165, 1.54) is 12.4 Å². The highest BCUT2D eigenvalue weighted by Crippen LogP contribution is 2.21. The summed E-state index contributed by atoms with van der Waals surface area (Å²) in [6.45, 7) is 8.35. The Hall–Kier alpha value is -3.18. The van der Waals surface area contributed by atoms with Gasteiger partial charge in [-0.15, -0.1) is 0 Å². The van der Waals surface area contributed by atoms with Gasteiger partial charge in [0.2, 0.25) is 5.96 Å². The normalized spacial score (nSPS) is 11.7. The molecule has 0 radical (unpaired) electrons. The lowest BCUT2D eigenvalue weighted by molar-refractivity contribution is -0.605. The van der Waals surface area contributed by atoms with E-state index < -0.39 is 0 Å². The Morgan fingerprint density at radius 3 is 2.23 bits per heavy atom. The molecule has 1 unspecified atom stereocenters. The van der Waals surface area contributed by atoms with Crippen LogP contribution in [0.3, 0.4) is 0 Å². The fourth-order valence-electron chi connectivity index (χ4n) is 1.49. The van der Waals surface area contributed by atoms with Gasteiger partial charge >= 0.3 is 0 Å². The Kier molecular flexibility index (Phi) is 9.99. The summed E-state index contributed by atoms with van der Waals surface area (Å²) in [5.74, 6) is 0.450. The van der Waals surface area contributed by atoms with Gasteiger partial charge in [0.25, 0.3) is 0 Å². The lowest BCUT2D eigenvalue weighted by atomic mass is 9.88. The van der Waals surface area contributed by atoms with E-state index in [0.29, 0.717) is 5.96 Å². The second-order valence-electron chi connectivity index (χ2n) is 6.35. The maximum absolute atomic E-state index is 10.2. The highest BCUT2D eigenvalue weighted by Gasteiger charge is 2.19. The number of guanidine groups is 1. The summed E-state index contributed by atoms with van der Waals surface area (Å²) in [5, 5.41) is 24.5. The Bertz CT molecular complexity index is 693. The Morgan fingerprint density at radius 1 is 1.23 bits per heavy atom. The first-order valence-electron chi connectivity index (χ1n) is 7.86. The third kappa shape index (κ3) is 9.20. The van der Waals surface area contributed by atoms with Gasteiger partial charge in [-0.25, -0.2) is 4.99 Å². The van der Waals surface area contributed by atoms with Crippen molar-refractivity contribution >= 4 is 11.6 Å². The summed E-state index contributed by atoms with van der Waals surface area (Å²) in [6.07, 6.45) is 8.13. The summed E-state index contributed by atoms with van der Waals surface area (Å²) in [6, 6.07) is 8.89. The molecule has 0 spiro atoms. The van der Waals surface area contributed by atoms with Crippen molar-refractivity contribution in [3.05, 3.63) is 60.3 Å². The average molecular weight is 358 g/mol. The minimum Gasteiger partial charge on any atom is -0.619 e. The van der Waals surface area contributed by atoms with Crippen LogP contribution in [-0.4, -0.2) is 22.5 Å². The average Bonchev–Trinajstić information content (AvgIpc) is 2.56. The highest BCUT2D eigenvalue weighted by atomic mass is 16.5. The number of anilines is 1. The molecule has 0 amide bonds. The number of aliphatic imine (C=N–C) groups is 1. The van der Waals surface area contributed by atoms with E-state index in [4.69, 9.17) is 5.26 Å². The van der Waals surface area contributed by atoms with Gasteiger partial charge in [-0.05, 0) is 24.5 Å². The first kappa shape index (κ1) is 22.8. The molecule has 0 bridgehead atoms. The molecule has 0 aliphatic heterocycles. The predicted octanol–water partition coefficient (Wildman–Crippen LogP) is 1.85. The van der Waals surface area contributed by atoms with Crippen LogP contribution in [0.2, 0.25) is 0 Å². The molecule has 0 aliphatic rings. The largest absolute Gasteiger partial charge is 0.619 e. The van der Waals surface area contributed by atoms with Gasteiger partial charge < -0.3 is 16.0 Å². The van der Waals surface area contributed by atoms with Gasteiger partial charge in [-0.1, -0.05) is 26.8 Å². The van der Waals surface area contributed by atoms with Gasteiger partial charge in [0.05, 0.1) is 6.04 Å². The van der Waals surface area contributed by atoms with E-state index >= 15 is 0 Å². The number of nitrogens with one attached hydrogen (secondary N) is 2. The van der Waals surface area contributed by atoms with Crippen molar-refractivity contribution < 1.29 is 10.2 Å². The van der Waals surface area contributed by atoms with Crippen molar-refractivity contribution in [3.63, 3.8) is 0 Å². The Balaban J connectivity index is 0.000000655. The van der Waals surface area contributed by atoms with E-state index in [0.717, 1.165) is 10.4 Å². The van der Waals surface area contributed by atoms with Crippen LogP contribution in [0.4, 0.5) is 5.69 Å². The Labute approximate surface area is 154 Å². The van der Waals surface area contributed by atoms with Gasteiger partial charge in [0, 0.05) is 30.2 Å². The number of nitriles is 1. The summed E-state index contributed by atoms with van der Waals surface area (Å²) >= 11 is 0.